The Balaban J connectivity index is 2.29. The molecular weight excluding hydrogens is 256 g/mol. The first kappa shape index (κ1) is 13.0. The highest BCUT2D eigenvalue weighted by molar-refractivity contribution is 6.04. The number of nitrogens with zero attached hydrogens (tertiary/aromatic N) is 3. The molecule has 0 radical (unpaired) electrons. The van der Waals surface area contributed by atoms with Crippen LogP contribution in [-0.2, 0) is 9.59 Å². The molecule has 2 rings (SSSR count). The van der Waals surface area contributed by atoms with E-state index in [4.69, 9.17) is 11.7 Å². The molecule has 0 aromatic carbocycles. The molecule has 0 aromatic heterocycles. The van der Waals surface area contributed by atoms with Gasteiger partial charge in [-0.3, -0.25) is 25.8 Å². The number of urea groups is 1. The zero-order valence-corrected chi connectivity index (χ0v) is 10.1. The zero-order chi connectivity index (χ0) is 14.2. The highest BCUT2D eigenvalue weighted by Gasteiger charge is 2.48. The summed E-state index contributed by atoms with van der Waals surface area (Å²) in [6, 6.07) is -1.39. The van der Waals surface area contributed by atoms with Crippen molar-refractivity contribution in [2.75, 3.05) is 13.6 Å². The molecule has 11 nitrogen and oxygen atoms in total. The second-order valence-electron chi connectivity index (χ2n) is 4.06. The summed E-state index contributed by atoms with van der Waals surface area (Å²) in [6.07, 6.45) is -0.738. The van der Waals surface area contributed by atoms with E-state index in [0.29, 0.717) is 0 Å². The summed E-state index contributed by atoms with van der Waals surface area (Å²) in [6.45, 7) is -0.212. The second kappa shape index (κ2) is 4.70. The zero-order valence-electron chi connectivity index (χ0n) is 10.1. The Bertz CT molecular complexity index is 463. The molecular formula is C8H14N8O3. The summed E-state index contributed by atoms with van der Waals surface area (Å²) in [4.78, 5) is 41.4. The number of aliphatic imine (C=N–C) groups is 1. The van der Waals surface area contributed by atoms with Crippen LogP contribution in [0.5, 0.6) is 0 Å². The van der Waals surface area contributed by atoms with Crippen LogP contribution in [0.25, 0.3) is 0 Å². The molecule has 0 aliphatic carbocycles. The van der Waals surface area contributed by atoms with Gasteiger partial charge in [0.2, 0.25) is 5.96 Å². The molecule has 0 aromatic rings. The number of hydrogen-bond donors (Lipinski definition) is 5. The van der Waals surface area contributed by atoms with Crippen molar-refractivity contribution < 1.29 is 14.4 Å². The molecule has 104 valence electrons. The van der Waals surface area contributed by atoms with Gasteiger partial charge in [-0.15, -0.1) is 0 Å². The van der Waals surface area contributed by atoms with E-state index in [2.05, 4.69) is 15.7 Å². The Kier molecular flexibility index (Phi) is 3.23. The summed E-state index contributed by atoms with van der Waals surface area (Å²) in [5.74, 6) is 9.37. The normalized spacial score (nSPS) is 25.7. The third kappa shape index (κ3) is 2.04. The van der Waals surface area contributed by atoms with Crippen LogP contribution < -0.4 is 27.9 Å². The van der Waals surface area contributed by atoms with E-state index < -0.39 is 30.1 Å². The molecule has 0 spiro atoms. The molecule has 2 unspecified atom stereocenters. The fourth-order valence-electron chi connectivity index (χ4n) is 2.02. The third-order valence-corrected chi connectivity index (χ3v) is 2.96. The van der Waals surface area contributed by atoms with Crippen molar-refractivity contribution in [2.45, 2.75) is 12.2 Å². The Hall–Kier alpha value is -2.40. The van der Waals surface area contributed by atoms with Gasteiger partial charge in [0.15, 0.2) is 12.2 Å². The van der Waals surface area contributed by atoms with Crippen LogP contribution in [0.4, 0.5) is 4.79 Å². The Morgan fingerprint density at radius 1 is 1.47 bits per heavy atom. The van der Waals surface area contributed by atoms with Crippen LogP contribution in [0.15, 0.2) is 4.99 Å². The third-order valence-electron chi connectivity index (χ3n) is 2.96. The first-order valence-corrected chi connectivity index (χ1v) is 5.37. The first-order chi connectivity index (χ1) is 8.99. The van der Waals surface area contributed by atoms with Gasteiger partial charge in [-0.2, -0.15) is 0 Å². The standard InChI is InChI=1S/C8H14N8O3/c1-15-5-4(6(18)12-8(15)19)16(2-3(17)13-9)7(11-5)14-10/h4-5H,2,9-10H2,1H3,(H,11,14)(H,13,17)(H,12,18,19). The first-order valence-electron chi connectivity index (χ1n) is 5.37. The van der Waals surface area contributed by atoms with Crippen molar-refractivity contribution in [3.8, 4) is 0 Å². The minimum absolute atomic E-state index is 0.135. The van der Waals surface area contributed by atoms with Gasteiger partial charge in [-0.25, -0.2) is 21.5 Å². The Labute approximate surface area is 107 Å². The van der Waals surface area contributed by atoms with Crippen LogP contribution in [0.1, 0.15) is 0 Å². The molecule has 7 N–H and O–H groups in total. The number of guanidine groups is 1. The highest BCUT2D eigenvalue weighted by Crippen LogP contribution is 2.22. The van der Waals surface area contributed by atoms with Crippen LogP contribution in [0, 0.1) is 0 Å². The van der Waals surface area contributed by atoms with Gasteiger partial charge in [-0.05, 0) is 0 Å². The molecule has 0 bridgehead atoms. The Morgan fingerprint density at radius 3 is 2.74 bits per heavy atom. The minimum Gasteiger partial charge on any atom is -0.316 e. The Morgan fingerprint density at radius 2 is 2.16 bits per heavy atom. The molecule has 19 heavy (non-hydrogen) atoms. The number of carbonyl (C=O) groups excluding carboxylic acids is 3. The number of imide groups is 1. The number of hydrogen-bond acceptors (Lipinski definition) is 8. The maximum absolute atomic E-state index is 11.9. The van der Waals surface area contributed by atoms with Gasteiger partial charge >= 0.3 is 6.03 Å². The minimum atomic E-state index is -0.828. The summed E-state index contributed by atoms with van der Waals surface area (Å²) in [7, 11) is 1.49. The van der Waals surface area contributed by atoms with Gasteiger partial charge < -0.3 is 9.80 Å². The van der Waals surface area contributed by atoms with Crippen LogP contribution in [0.3, 0.4) is 0 Å². The van der Waals surface area contributed by atoms with Gasteiger partial charge in [0.25, 0.3) is 11.8 Å². The molecule has 2 atom stereocenters. The maximum atomic E-state index is 11.9. The molecule has 0 saturated carbocycles. The van der Waals surface area contributed by atoms with E-state index in [1.54, 1.807) is 0 Å². The van der Waals surface area contributed by atoms with Gasteiger partial charge in [0, 0.05) is 7.05 Å². The predicted octanol–water partition coefficient (Wildman–Crippen LogP) is -4.01. The number of nitrogens with one attached hydrogen (secondary N) is 3. The van der Waals surface area contributed by atoms with Gasteiger partial charge in [0.1, 0.15) is 6.54 Å². The number of hydrazine groups is 2. The summed E-state index contributed by atoms with van der Waals surface area (Å²) >= 11 is 0. The summed E-state index contributed by atoms with van der Waals surface area (Å²) in [5, 5.41) is 2.17. The molecule has 4 amide bonds. The van der Waals surface area contributed by atoms with Crippen molar-refractivity contribution in [3.63, 3.8) is 0 Å². The van der Waals surface area contributed by atoms with Crippen molar-refractivity contribution in [1.82, 2.24) is 26.0 Å². The number of rotatable bonds is 2. The average Bonchev–Trinajstić information content (AvgIpc) is 2.75. The van der Waals surface area contributed by atoms with Crippen molar-refractivity contribution in [2.24, 2.45) is 16.7 Å². The molecule has 2 aliphatic heterocycles. The largest absolute Gasteiger partial charge is 0.325 e. The van der Waals surface area contributed by atoms with Crippen molar-refractivity contribution in [1.29, 1.82) is 0 Å². The maximum Gasteiger partial charge on any atom is 0.325 e. The van der Waals surface area contributed by atoms with Gasteiger partial charge in [-0.1, -0.05) is 0 Å². The smallest absolute Gasteiger partial charge is 0.316 e. The van der Waals surface area contributed by atoms with Crippen LogP contribution in [-0.4, -0.2) is 59.4 Å². The lowest BCUT2D eigenvalue weighted by Crippen LogP contribution is -2.65. The topological polar surface area (TPSA) is 158 Å². The quantitative estimate of drug-likeness (QED) is 0.194. The van der Waals surface area contributed by atoms with Crippen LogP contribution >= 0.6 is 0 Å². The highest BCUT2D eigenvalue weighted by atomic mass is 16.2. The number of fused-ring (bicyclic) bond motifs is 1. The number of likely N-dealkylation sites (N-methyl/N-ethyl adjacent to an activating group) is 1. The SMILES string of the molecule is CN1C(=O)NC(=O)C2C1N=C(NN)N2CC(=O)NN. The fraction of sp³-hybridized carbons (Fsp3) is 0.500. The van der Waals surface area contributed by atoms with E-state index in [1.165, 1.54) is 16.8 Å². The van der Waals surface area contributed by atoms with Crippen molar-refractivity contribution >= 4 is 23.8 Å². The second-order valence-corrected chi connectivity index (χ2v) is 4.06. The van der Waals surface area contributed by atoms with Crippen LogP contribution in [0.2, 0.25) is 0 Å². The number of nitrogens with two attached hydrogens (primary N) is 2. The lowest BCUT2D eigenvalue weighted by Gasteiger charge is -2.35. The lowest BCUT2D eigenvalue weighted by atomic mass is 10.1. The predicted molar refractivity (Wildman–Crippen MR) is 62.7 cm³/mol. The van der Waals surface area contributed by atoms with Gasteiger partial charge in [0.05, 0.1) is 0 Å². The van der Waals surface area contributed by atoms with E-state index in [1.807, 2.05) is 5.43 Å². The summed E-state index contributed by atoms with van der Waals surface area (Å²) in [5.41, 5.74) is 4.24. The lowest BCUT2D eigenvalue weighted by molar-refractivity contribution is -0.128. The fourth-order valence-corrected chi connectivity index (χ4v) is 2.02. The molecule has 1 fully saturated rings. The molecule has 2 heterocycles. The molecule has 2 aliphatic rings. The average molecular weight is 270 g/mol. The monoisotopic (exact) mass is 270 g/mol. The molecule has 11 heteroatoms. The number of amides is 4. The summed E-state index contributed by atoms with van der Waals surface area (Å²) < 4.78 is 0. The van der Waals surface area contributed by atoms with E-state index >= 15 is 0 Å². The van der Waals surface area contributed by atoms with E-state index in [9.17, 15) is 14.4 Å². The van der Waals surface area contributed by atoms with E-state index in [0.717, 1.165) is 0 Å². The molecule has 1 saturated heterocycles. The van der Waals surface area contributed by atoms with Crippen molar-refractivity contribution in [3.05, 3.63) is 0 Å². The number of carbonyl (C=O) groups is 3. The van der Waals surface area contributed by atoms with E-state index in [-0.39, 0.29) is 12.5 Å².